The standard InChI is InChI=1S/C25H39N5O2.HI/c1-2-26-25(27-18-20-8-10-23(11-9-20)29-14-16-32-17-15-29)28-22-12-13-30(19-22)24(31)21-6-4-3-5-7-21;/h8-11,21-22H,2-7,12-19H2,1H3,(H2,26,27,28);1H. The van der Waals surface area contributed by atoms with Gasteiger partial charge in [0.1, 0.15) is 0 Å². The highest BCUT2D eigenvalue weighted by Gasteiger charge is 2.31. The molecule has 0 spiro atoms. The van der Waals surface area contributed by atoms with E-state index in [1.54, 1.807) is 0 Å². The van der Waals surface area contributed by atoms with Crippen LogP contribution in [0, 0.1) is 5.92 Å². The molecule has 7 nitrogen and oxygen atoms in total. The number of carbonyl (C=O) groups excluding carboxylic acids is 1. The predicted octanol–water partition coefficient (Wildman–Crippen LogP) is 3.38. The molecule has 1 aromatic rings. The van der Waals surface area contributed by atoms with Crippen LogP contribution in [0.5, 0.6) is 0 Å². The summed E-state index contributed by atoms with van der Waals surface area (Å²) in [5.74, 6) is 1.46. The zero-order valence-electron chi connectivity index (χ0n) is 19.9. The normalized spacial score (nSPS) is 22.1. The Bertz CT molecular complexity index is 761. The predicted molar refractivity (Wildman–Crippen MR) is 144 cm³/mol. The molecule has 1 unspecified atom stereocenters. The van der Waals surface area contributed by atoms with Gasteiger partial charge in [-0.1, -0.05) is 31.4 Å². The molecule has 3 aliphatic rings. The summed E-state index contributed by atoms with van der Waals surface area (Å²) in [6.07, 6.45) is 6.82. The molecule has 8 heteroatoms. The number of anilines is 1. The van der Waals surface area contributed by atoms with Crippen LogP contribution in [0.1, 0.15) is 51.0 Å². The first kappa shape index (κ1) is 26.1. The molecule has 0 radical (unpaired) electrons. The lowest BCUT2D eigenvalue weighted by Gasteiger charge is -2.28. The quantitative estimate of drug-likeness (QED) is 0.313. The number of nitrogens with one attached hydrogen (secondary N) is 2. The van der Waals surface area contributed by atoms with Gasteiger partial charge in [0.05, 0.1) is 19.8 Å². The molecule has 2 N–H and O–H groups in total. The van der Waals surface area contributed by atoms with Crippen LogP contribution in [-0.2, 0) is 16.1 Å². The van der Waals surface area contributed by atoms with E-state index in [4.69, 9.17) is 9.73 Å². The lowest BCUT2D eigenvalue weighted by Crippen LogP contribution is -2.45. The maximum absolute atomic E-state index is 12.9. The first-order chi connectivity index (χ1) is 15.7. The van der Waals surface area contributed by atoms with Crippen LogP contribution < -0.4 is 15.5 Å². The van der Waals surface area contributed by atoms with Crippen molar-refractivity contribution in [1.82, 2.24) is 15.5 Å². The van der Waals surface area contributed by atoms with Gasteiger partial charge in [0, 0.05) is 50.4 Å². The van der Waals surface area contributed by atoms with Gasteiger partial charge in [-0.2, -0.15) is 0 Å². The Morgan fingerprint density at radius 3 is 2.48 bits per heavy atom. The molecule has 1 saturated carbocycles. The average Bonchev–Trinajstić information content (AvgIpc) is 3.32. The fourth-order valence-corrected chi connectivity index (χ4v) is 5.00. The highest BCUT2D eigenvalue weighted by molar-refractivity contribution is 14.0. The van der Waals surface area contributed by atoms with Crippen molar-refractivity contribution in [1.29, 1.82) is 0 Å². The van der Waals surface area contributed by atoms with E-state index in [-0.39, 0.29) is 35.9 Å². The third kappa shape index (κ3) is 7.47. The Morgan fingerprint density at radius 1 is 1.06 bits per heavy atom. The van der Waals surface area contributed by atoms with Crippen LogP contribution in [0.15, 0.2) is 29.3 Å². The highest BCUT2D eigenvalue weighted by atomic mass is 127. The van der Waals surface area contributed by atoms with Gasteiger partial charge in [0.25, 0.3) is 0 Å². The molecule has 33 heavy (non-hydrogen) atoms. The summed E-state index contributed by atoms with van der Waals surface area (Å²) in [4.78, 5) is 22.1. The van der Waals surface area contributed by atoms with Crippen molar-refractivity contribution in [3.63, 3.8) is 0 Å². The van der Waals surface area contributed by atoms with Gasteiger partial charge in [0.2, 0.25) is 5.91 Å². The minimum Gasteiger partial charge on any atom is -0.378 e. The Kier molecular flexibility index (Phi) is 10.6. The lowest BCUT2D eigenvalue weighted by atomic mass is 9.88. The monoisotopic (exact) mass is 569 g/mol. The fourth-order valence-electron chi connectivity index (χ4n) is 5.00. The molecule has 1 amide bonds. The number of aliphatic imine (C=N–C) groups is 1. The molecule has 1 aromatic carbocycles. The van der Waals surface area contributed by atoms with Crippen LogP contribution in [-0.4, -0.2) is 68.7 Å². The van der Waals surface area contributed by atoms with Crippen LogP contribution in [0.25, 0.3) is 0 Å². The molecule has 2 saturated heterocycles. The Balaban J connectivity index is 0.00000306. The largest absolute Gasteiger partial charge is 0.378 e. The molecule has 3 fully saturated rings. The number of benzene rings is 1. The number of halogens is 1. The summed E-state index contributed by atoms with van der Waals surface area (Å²) in [7, 11) is 0. The van der Waals surface area contributed by atoms with Crippen LogP contribution >= 0.6 is 24.0 Å². The van der Waals surface area contributed by atoms with Gasteiger partial charge < -0.3 is 25.2 Å². The van der Waals surface area contributed by atoms with Crippen molar-refractivity contribution in [2.45, 2.75) is 58.0 Å². The maximum Gasteiger partial charge on any atom is 0.225 e. The molecule has 184 valence electrons. The number of rotatable bonds is 6. The van der Waals surface area contributed by atoms with Crippen molar-refractivity contribution in [2.75, 3.05) is 50.8 Å². The summed E-state index contributed by atoms with van der Waals surface area (Å²) < 4.78 is 5.44. The van der Waals surface area contributed by atoms with E-state index in [2.05, 4.69) is 51.6 Å². The van der Waals surface area contributed by atoms with Crippen molar-refractivity contribution < 1.29 is 9.53 Å². The van der Waals surface area contributed by atoms with Crippen molar-refractivity contribution in [3.05, 3.63) is 29.8 Å². The summed E-state index contributed by atoms with van der Waals surface area (Å²) in [6, 6.07) is 8.96. The number of carbonyl (C=O) groups is 1. The van der Waals surface area contributed by atoms with E-state index >= 15 is 0 Å². The second kappa shape index (κ2) is 13.4. The average molecular weight is 570 g/mol. The maximum atomic E-state index is 12.9. The minimum atomic E-state index is 0. The minimum absolute atomic E-state index is 0. The van der Waals surface area contributed by atoms with Gasteiger partial charge in [-0.25, -0.2) is 4.99 Å². The van der Waals surface area contributed by atoms with Crippen LogP contribution in [0.3, 0.4) is 0 Å². The smallest absolute Gasteiger partial charge is 0.225 e. The van der Waals surface area contributed by atoms with E-state index in [9.17, 15) is 4.79 Å². The topological polar surface area (TPSA) is 69.2 Å². The van der Waals surface area contributed by atoms with Gasteiger partial charge >= 0.3 is 0 Å². The number of guanidine groups is 1. The number of hydrogen-bond donors (Lipinski definition) is 2. The second-order valence-electron chi connectivity index (χ2n) is 9.21. The molecule has 1 aliphatic carbocycles. The third-order valence-electron chi connectivity index (χ3n) is 6.87. The Hall–Kier alpha value is -1.55. The van der Waals surface area contributed by atoms with Crippen LogP contribution in [0.2, 0.25) is 0 Å². The van der Waals surface area contributed by atoms with E-state index in [1.807, 2.05) is 0 Å². The molecule has 0 bridgehead atoms. The zero-order chi connectivity index (χ0) is 22.2. The van der Waals surface area contributed by atoms with Gasteiger partial charge in [-0.15, -0.1) is 24.0 Å². The number of hydrogen-bond acceptors (Lipinski definition) is 4. The Labute approximate surface area is 215 Å². The molecule has 1 atom stereocenters. The van der Waals surface area contributed by atoms with Crippen molar-refractivity contribution in [3.8, 4) is 0 Å². The fraction of sp³-hybridized carbons (Fsp3) is 0.680. The van der Waals surface area contributed by atoms with Crippen LogP contribution in [0.4, 0.5) is 5.69 Å². The first-order valence-electron chi connectivity index (χ1n) is 12.5. The molecular formula is C25H40IN5O2. The molecule has 2 aliphatic heterocycles. The molecule has 0 aromatic heterocycles. The first-order valence-corrected chi connectivity index (χ1v) is 12.5. The summed E-state index contributed by atoms with van der Waals surface area (Å²) in [6.45, 7) is 8.69. The second-order valence-corrected chi connectivity index (χ2v) is 9.21. The van der Waals surface area contributed by atoms with E-state index in [1.165, 1.54) is 30.5 Å². The van der Waals surface area contributed by atoms with Crippen molar-refractivity contribution in [2.24, 2.45) is 10.9 Å². The van der Waals surface area contributed by atoms with Gasteiger partial charge in [-0.05, 0) is 43.9 Å². The Morgan fingerprint density at radius 2 is 1.79 bits per heavy atom. The number of amides is 1. The third-order valence-corrected chi connectivity index (χ3v) is 6.87. The van der Waals surface area contributed by atoms with Gasteiger partial charge in [-0.3, -0.25) is 4.79 Å². The number of likely N-dealkylation sites (tertiary alicyclic amines) is 1. The lowest BCUT2D eigenvalue weighted by molar-refractivity contribution is -0.135. The highest BCUT2D eigenvalue weighted by Crippen LogP contribution is 2.26. The summed E-state index contributed by atoms with van der Waals surface area (Å²) in [5.41, 5.74) is 2.44. The van der Waals surface area contributed by atoms with Gasteiger partial charge in [0.15, 0.2) is 5.96 Å². The summed E-state index contributed by atoms with van der Waals surface area (Å²) in [5, 5.41) is 6.92. The summed E-state index contributed by atoms with van der Waals surface area (Å²) >= 11 is 0. The SMILES string of the molecule is CCNC(=NCc1ccc(N2CCOCC2)cc1)NC1CCN(C(=O)C2CCCCC2)C1.I. The number of nitrogens with zero attached hydrogens (tertiary/aromatic N) is 3. The van der Waals surface area contributed by atoms with E-state index in [0.29, 0.717) is 12.5 Å². The molecular weight excluding hydrogens is 529 g/mol. The zero-order valence-corrected chi connectivity index (χ0v) is 22.3. The van der Waals surface area contributed by atoms with E-state index < -0.39 is 0 Å². The number of ether oxygens (including phenoxy) is 1. The van der Waals surface area contributed by atoms with Crippen molar-refractivity contribution >= 4 is 41.5 Å². The van der Waals surface area contributed by atoms with E-state index in [0.717, 1.165) is 71.2 Å². The molecule has 4 rings (SSSR count). The molecule has 2 heterocycles. The number of morpholine rings is 1.